The quantitative estimate of drug-likeness (QED) is 0.714. The van der Waals surface area contributed by atoms with Crippen LogP contribution in [0.1, 0.15) is 38.2 Å². The van der Waals surface area contributed by atoms with E-state index >= 15 is 0 Å². The summed E-state index contributed by atoms with van der Waals surface area (Å²) < 4.78 is 5.72. The molecule has 0 bridgehead atoms. The van der Waals surface area contributed by atoms with Crippen molar-refractivity contribution in [1.82, 2.24) is 4.90 Å². The molecule has 2 nitrogen and oxygen atoms in total. The molecule has 0 amide bonds. The summed E-state index contributed by atoms with van der Waals surface area (Å²) in [6.07, 6.45) is 5.29. The fourth-order valence-corrected chi connectivity index (χ4v) is 2.62. The van der Waals surface area contributed by atoms with Gasteiger partial charge in [-0.05, 0) is 38.3 Å². The highest BCUT2D eigenvalue weighted by Crippen LogP contribution is 2.16. The third-order valence-electron chi connectivity index (χ3n) is 3.79. The lowest BCUT2D eigenvalue weighted by Gasteiger charge is -2.33. The van der Waals surface area contributed by atoms with Crippen molar-refractivity contribution >= 4 is 0 Å². The fraction of sp³-hybridized carbons (Fsp3) is 0.625. The summed E-state index contributed by atoms with van der Waals surface area (Å²) >= 11 is 0. The lowest BCUT2D eigenvalue weighted by atomic mass is 10.0. The molecule has 2 rings (SSSR count). The largest absolute Gasteiger partial charge is 0.377 e. The SMILES string of the molecule is CC1CCCCN1CCCOCc1ccccc1. The van der Waals surface area contributed by atoms with E-state index in [4.69, 9.17) is 4.74 Å². The van der Waals surface area contributed by atoms with Gasteiger partial charge in [0.05, 0.1) is 6.61 Å². The molecule has 0 saturated carbocycles. The van der Waals surface area contributed by atoms with Gasteiger partial charge in [0.2, 0.25) is 0 Å². The number of hydrogen-bond acceptors (Lipinski definition) is 2. The van der Waals surface area contributed by atoms with Gasteiger partial charge in [0.25, 0.3) is 0 Å². The van der Waals surface area contributed by atoms with E-state index in [2.05, 4.69) is 36.1 Å². The Bertz CT molecular complexity index is 325. The number of benzene rings is 1. The van der Waals surface area contributed by atoms with Crippen LogP contribution in [0.15, 0.2) is 30.3 Å². The molecule has 1 aromatic rings. The van der Waals surface area contributed by atoms with Crippen LogP contribution in [0.2, 0.25) is 0 Å². The Morgan fingerprint density at radius 3 is 2.83 bits per heavy atom. The Labute approximate surface area is 111 Å². The van der Waals surface area contributed by atoms with E-state index in [9.17, 15) is 0 Å². The highest BCUT2D eigenvalue weighted by molar-refractivity contribution is 5.13. The second-order valence-electron chi connectivity index (χ2n) is 5.27. The summed E-state index contributed by atoms with van der Waals surface area (Å²) in [6, 6.07) is 11.2. The molecule has 1 atom stereocenters. The zero-order valence-electron chi connectivity index (χ0n) is 11.5. The van der Waals surface area contributed by atoms with Gasteiger partial charge in [0, 0.05) is 19.2 Å². The minimum atomic E-state index is 0.746. The van der Waals surface area contributed by atoms with Crippen molar-refractivity contribution in [3.8, 4) is 0 Å². The molecule has 1 fully saturated rings. The highest BCUT2D eigenvalue weighted by atomic mass is 16.5. The lowest BCUT2D eigenvalue weighted by Crippen LogP contribution is -2.38. The van der Waals surface area contributed by atoms with Crippen molar-refractivity contribution in [2.45, 2.75) is 45.3 Å². The predicted octanol–water partition coefficient (Wildman–Crippen LogP) is 3.47. The van der Waals surface area contributed by atoms with Crippen LogP contribution in [0.25, 0.3) is 0 Å². The summed E-state index contributed by atoms with van der Waals surface area (Å²) in [7, 11) is 0. The first kappa shape index (κ1) is 13.6. The van der Waals surface area contributed by atoms with Gasteiger partial charge in [-0.25, -0.2) is 0 Å². The molecule has 100 valence electrons. The first-order valence-electron chi connectivity index (χ1n) is 7.22. The number of piperidine rings is 1. The monoisotopic (exact) mass is 247 g/mol. The molecule has 1 aromatic carbocycles. The van der Waals surface area contributed by atoms with E-state index in [1.807, 2.05) is 6.07 Å². The van der Waals surface area contributed by atoms with E-state index in [0.29, 0.717) is 0 Å². The standard InChI is InChI=1S/C16H25NO/c1-15-8-5-6-11-17(15)12-7-13-18-14-16-9-3-2-4-10-16/h2-4,9-10,15H,5-8,11-14H2,1H3. The van der Waals surface area contributed by atoms with Crippen LogP contribution < -0.4 is 0 Å². The van der Waals surface area contributed by atoms with Gasteiger partial charge < -0.3 is 9.64 Å². The molecular formula is C16H25NO. The number of ether oxygens (including phenoxy) is 1. The number of likely N-dealkylation sites (tertiary alicyclic amines) is 1. The zero-order chi connectivity index (χ0) is 12.6. The van der Waals surface area contributed by atoms with Crippen molar-refractivity contribution in [2.24, 2.45) is 0 Å². The molecule has 1 aliphatic rings. The second kappa shape index (κ2) is 7.55. The Kier molecular flexibility index (Phi) is 5.69. The zero-order valence-corrected chi connectivity index (χ0v) is 11.5. The Morgan fingerprint density at radius 1 is 1.22 bits per heavy atom. The molecule has 1 heterocycles. The van der Waals surface area contributed by atoms with Crippen LogP contribution in [0, 0.1) is 0 Å². The Balaban J connectivity index is 1.56. The predicted molar refractivity (Wildman–Crippen MR) is 75.6 cm³/mol. The number of hydrogen-bond donors (Lipinski definition) is 0. The molecule has 0 aliphatic carbocycles. The molecule has 0 spiro atoms. The van der Waals surface area contributed by atoms with Crippen molar-refractivity contribution in [3.63, 3.8) is 0 Å². The third kappa shape index (κ3) is 4.43. The maximum atomic E-state index is 5.72. The van der Waals surface area contributed by atoms with Crippen molar-refractivity contribution in [3.05, 3.63) is 35.9 Å². The van der Waals surface area contributed by atoms with Gasteiger partial charge in [0.15, 0.2) is 0 Å². The van der Waals surface area contributed by atoms with Crippen molar-refractivity contribution < 1.29 is 4.74 Å². The van der Waals surface area contributed by atoms with Crippen LogP contribution in [-0.4, -0.2) is 30.6 Å². The minimum absolute atomic E-state index is 0.746. The second-order valence-corrected chi connectivity index (χ2v) is 5.27. The van der Waals surface area contributed by atoms with Gasteiger partial charge in [-0.2, -0.15) is 0 Å². The van der Waals surface area contributed by atoms with E-state index in [1.54, 1.807) is 0 Å². The molecule has 1 unspecified atom stereocenters. The Morgan fingerprint density at radius 2 is 2.06 bits per heavy atom. The van der Waals surface area contributed by atoms with Crippen LogP contribution in [-0.2, 0) is 11.3 Å². The maximum Gasteiger partial charge on any atom is 0.0716 e. The molecule has 2 heteroatoms. The summed E-state index contributed by atoms with van der Waals surface area (Å²) in [6.45, 7) is 6.44. The van der Waals surface area contributed by atoms with Crippen molar-refractivity contribution in [2.75, 3.05) is 19.7 Å². The molecule has 0 aromatic heterocycles. The lowest BCUT2D eigenvalue weighted by molar-refractivity contribution is 0.0943. The normalized spacial score (nSPS) is 21.1. The first-order valence-corrected chi connectivity index (χ1v) is 7.22. The topological polar surface area (TPSA) is 12.5 Å². The van der Waals surface area contributed by atoms with Crippen LogP contribution >= 0.6 is 0 Å². The van der Waals surface area contributed by atoms with E-state index in [-0.39, 0.29) is 0 Å². The molecule has 0 radical (unpaired) electrons. The van der Waals surface area contributed by atoms with Gasteiger partial charge >= 0.3 is 0 Å². The van der Waals surface area contributed by atoms with Gasteiger partial charge in [-0.3, -0.25) is 0 Å². The first-order chi connectivity index (χ1) is 8.86. The molecular weight excluding hydrogens is 222 g/mol. The highest BCUT2D eigenvalue weighted by Gasteiger charge is 2.16. The molecule has 0 N–H and O–H groups in total. The molecule has 1 aliphatic heterocycles. The third-order valence-corrected chi connectivity index (χ3v) is 3.79. The van der Waals surface area contributed by atoms with Crippen molar-refractivity contribution in [1.29, 1.82) is 0 Å². The van der Waals surface area contributed by atoms with E-state index < -0.39 is 0 Å². The van der Waals surface area contributed by atoms with Crippen LogP contribution in [0.4, 0.5) is 0 Å². The minimum Gasteiger partial charge on any atom is -0.377 e. The fourth-order valence-electron chi connectivity index (χ4n) is 2.62. The Hall–Kier alpha value is -0.860. The summed E-state index contributed by atoms with van der Waals surface area (Å²) in [5, 5.41) is 0. The van der Waals surface area contributed by atoms with Gasteiger partial charge in [-0.1, -0.05) is 36.8 Å². The summed E-state index contributed by atoms with van der Waals surface area (Å²) in [5.41, 5.74) is 1.27. The summed E-state index contributed by atoms with van der Waals surface area (Å²) in [5.74, 6) is 0. The van der Waals surface area contributed by atoms with Crippen LogP contribution in [0.3, 0.4) is 0 Å². The smallest absolute Gasteiger partial charge is 0.0716 e. The molecule has 18 heavy (non-hydrogen) atoms. The van der Waals surface area contributed by atoms with E-state index in [0.717, 1.165) is 25.7 Å². The maximum absolute atomic E-state index is 5.72. The average Bonchev–Trinajstić information content (AvgIpc) is 2.42. The van der Waals surface area contributed by atoms with Gasteiger partial charge in [-0.15, -0.1) is 0 Å². The number of nitrogens with zero attached hydrogens (tertiary/aromatic N) is 1. The average molecular weight is 247 g/mol. The van der Waals surface area contributed by atoms with Gasteiger partial charge in [0.1, 0.15) is 0 Å². The van der Waals surface area contributed by atoms with E-state index in [1.165, 1.54) is 37.9 Å². The number of rotatable bonds is 6. The van der Waals surface area contributed by atoms with Crippen LogP contribution in [0.5, 0.6) is 0 Å². The molecule has 1 saturated heterocycles. The summed E-state index contributed by atoms with van der Waals surface area (Å²) in [4.78, 5) is 2.61.